The van der Waals surface area contributed by atoms with Crippen LogP contribution in [0.1, 0.15) is 40.5 Å². The lowest BCUT2D eigenvalue weighted by Gasteiger charge is -2.51. The molecule has 20 heavy (non-hydrogen) atoms. The Labute approximate surface area is 120 Å². The van der Waals surface area contributed by atoms with E-state index in [1.165, 1.54) is 4.90 Å². The van der Waals surface area contributed by atoms with Crippen molar-refractivity contribution in [2.24, 2.45) is 5.41 Å². The van der Waals surface area contributed by atoms with Gasteiger partial charge in [-0.3, -0.25) is 4.79 Å². The van der Waals surface area contributed by atoms with E-state index >= 15 is 0 Å². The van der Waals surface area contributed by atoms with Gasteiger partial charge in [-0.1, -0.05) is 20.8 Å². The van der Waals surface area contributed by atoms with Crippen molar-refractivity contribution in [3.05, 3.63) is 0 Å². The van der Waals surface area contributed by atoms with Gasteiger partial charge in [-0.15, -0.1) is 0 Å². The van der Waals surface area contributed by atoms with Gasteiger partial charge >= 0.3 is 12.0 Å². The number of nitrogens with one attached hydrogen (secondary N) is 1. The minimum atomic E-state index is -0.997. The van der Waals surface area contributed by atoms with Crippen LogP contribution in [0.5, 0.6) is 0 Å². The van der Waals surface area contributed by atoms with Crippen molar-refractivity contribution in [1.82, 2.24) is 10.2 Å². The van der Waals surface area contributed by atoms with Gasteiger partial charge in [0.1, 0.15) is 6.54 Å². The van der Waals surface area contributed by atoms with Gasteiger partial charge in [0.15, 0.2) is 0 Å². The average Bonchev–Trinajstić information content (AvgIpc) is 2.38. The molecule has 6 nitrogen and oxygen atoms in total. The Hall–Kier alpha value is -1.30. The number of hydrogen-bond acceptors (Lipinski definition) is 3. The first-order valence-corrected chi connectivity index (χ1v) is 7.05. The average molecular weight is 286 g/mol. The van der Waals surface area contributed by atoms with Gasteiger partial charge in [-0.05, 0) is 19.8 Å². The molecule has 0 saturated heterocycles. The van der Waals surface area contributed by atoms with Crippen molar-refractivity contribution in [1.29, 1.82) is 0 Å². The smallest absolute Gasteiger partial charge is 0.323 e. The van der Waals surface area contributed by atoms with E-state index < -0.39 is 5.97 Å². The highest BCUT2D eigenvalue weighted by Crippen LogP contribution is 2.42. The molecule has 0 aromatic rings. The lowest BCUT2D eigenvalue weighted by atomic mass is 9.64. The molecule has 1 rings (SSSR count). The van der Waals surface area contributed by atoms with Gasteiger partial charge in [0.05, 0.1) is 6.10 Å². The Bertz CT molecular complexity index is 370. The molecule has 3 unspecified atom stereocenters. The van der Waals surface area contributed by atoms with Gasteiger partial charge in [0.25, 0.3) is 0 Å². The molecule has 0 heterocycles. The highest BCUT2D eigenvalue weighted by Gasteiger charge is 2.49. The monoisotopic (exact) mass is 286 g/mol. The first-order valence-electron chi connectivity index (χ1n) is 7.05. The molecule has 1 fully saturated rings. The Kier molecular flexibility index (Phi) is 5.39. The first-order chi connectivity index (χ1) is 9.23. The van der Waals surface area contributed by atoms with Crippen molar-refractivity contribution >= 4 is 12.0 Å². The third-order valence-electron chi connectivity index (χ3n) is 4.45. The van der Waals surface area contributed by atoms with E-state index in [2.05, 4.69) is 5.32 Å². The number of rotatable bonds is 6. The molecular weight excluding hydrogens is 260 g/mol. The third-order valence-corrected chi connectivity index (χ3v) is 4.45. The molecule has 2 amide bonds. The molecule has 0 aromatic carbocycles. The normalized spacial score (nSPS) is 25.4. The summed E-state index contributed by atoms with van der Waals surface area (Å²) in [6.07, 6.45) is 1.61. The van der Waals surface area contributed by atoms with Gasteiger partial charge in [0, 0.05) is 24.6 Å². The second-order valence-electron chi connectivity index (χ2n) is 6.06. The summed E-state index contributed by atoms with van der Waals surface area (Å²) in [4.78, 5) is 24.5. The highest BCUT2D eigenvalue weighted by atomic mass is 16.5. The van der Waals surface area contributed by atoms with Crippen LogP contribution in [0.25, 0.3) is 0 Å². The quantitative estimate of drug-likeness (QED) is 0.779. The number of amides is 2. The molecule has 3 atom stereocenters. The summed E-state index contributed by atoms with van der Waals surface area (Å²) >= 11 is 0. The fourth-order valence-corrected chi connectivity index (χ4v) is 2.56. The lowest BCUT2D eigenvalue weighted by molar-refractivity contribution is -0.138. The van der Waals surface area contributed by atoms with E-state index in [0.29, 0.717) is 0 Å². The second-order valence-corrected chi connectivity index (χ2v) is 6.06. The van der Waals surface area contributed by atoms with Gasteiger partial charge in [-0.25, -0.2) is 4.79 Å². The van der Waals surface area contributed by atoms with Crippen molar-refractivity contribution in [2.75, 3.05) is 13.7 Å². The van der Waals surface area contributed by atoms with E-state index in [1.54, 1.807) is 7.11 Å². The van der Waals surface area contributed by atoms with Crippen LogP contribution in [0.3, 0.4) is 0 Å². The number of carboxylic acid groups (broad SMARTS) is 1. The first kappa shape index (κ1) is 16.8. The molecule has 0 bridgehead atoms. The SMILES string of the molecule is CCC(C)N(CC(=O)O)C(=O)NC1CC(OC)C1(C)C. The number of aliphatic carboxylic acids is 1. The molecule has 2 N–H and O–H groups in total. The Morgan fingerprint density at radius 1 is 1.50 bits per heavy atom. The summed E-state index contributed by atoms with van der Waals surface area (Å²) in [5, 5.41) is 11.9. The van der Waals surface area contributed by atoms with Crippen molar-refractivity contribution in [3.8, 4) is 0 Å². The molecule has 116 valence electrons. The van der Waals surface area contributed by atoms with E-state index in [1.807, 2.05) is 27.7 Å². The molecule has 0 spiro atoms. The second kappa shape index (κ2) is 6.43. The molecule has 0 radical (unpaired) electrons. The molecule has 1 saturated carbocycles. The molecule has 0 aliphatic heterocycles. The fourth-order valence-electron chi connectivity index (χ4n) is 2.56. The lowest BCUT2D eigenvalue weighted by Crippen LogP contribution is -2.64. The summed E-state index contributed by atoms with van der Waals surface area (Å²) in [7, 11) is 1.67. The fraction of sp³-hybridized carbons (Fsp3) is 0.857. The predicted molar refractivity (Wildman–Crippen MR) is 75.6 cm³/mol. The molecule has 0 aromatic heterocycles. The predicted octanol–water partition coefficient (Wildman–Crippen LogP) is 1.69. The van der Waals surface area contributed by atoms with Crippen LogP contribution in [-0.4, -0.2) is 53.8 Å². The van der Waals surface area contributed by atoms with Crippen LogP contribution in [-0.2, 0) is 9.53 Å². The number of nitrogens with zero attached hydrogens (tertiary/aromatic N) is 1. The number of carboxylic acids is 1. The van der Waals surface area contributed by atoms with E-state index in [9.17, 15) is 9.59 Å². The minimum Gasteiger partial charge on any atom is -0.480 e. The van der Waals surface area contributed by atoms with Gasteiger partial charge in [0.2, 0.25) is 0 Å². The topological polar surface area (TPSA) is 78.9 Å². The van der Waals surface area contributed by atoms with Gasteiger partial charge < -0.3 is 20.1 Å². The van der Waals surface area contributed by atoms with Crippen molar-refractivity contribution in [3.63, 3.8) is 0 Å². The summed E-state index contributed by atoms with van der Waals surface area (Å²) in [5.74, 6) is -0.997. The van der Waals surface area contributed by atoms with Crippen LogP contribution in [0, 0.1) is 5.41 Å². The Balaban J connectivity index is 2.66. The van der Waals surface area contributed by atoms with E-state index in [-0.39, 0.29) is 36.2 Å². The molecule has 1 aliphatic carbocycles. The summed E-state index contributed by atoms with van der Waals surface area (Å²) in [6.45, 7) is 7.59. The number of urea groups is 1. The van der Waals surface area contributed by atoms with Crippen molar-refractivity contribution in [2.45, 2.75) is 58.7 Å². The Morgan fingerprint density at radius 2 is 2.10 bits per heavy atom. The van der Waals surface area contributed by atoms with Crippen LogP contribution in [0.15, 0.2) is 0 Å². The minimum absolute atomic E-state index is 0.0142. The molecular formula is C14H26N2O4. The maximum atomic E-state index is 12.3. The number of carbonyl (C=O) groups is 2. The van der Waals surface area contributed by atoms with Crippen LogP contribution < -0.4 is 5.32 Å². The zero-order valence-corrected chi connectivity index (χ0v) is 13.0. The summed E-state index contributed by atoms with van der Waals surface area (Å²) in [5.41, 5.74) is -0.130. The van der Waals surface area contributed by atoms with E-state index in [4.69, 9.17) is 9.84 Å². The molecule has 6 heteroatoms. The maximum absolute atomic E-state index is 12.3. The summed E-state index contributed by atoms with van der Waals surface area (Å²) in [6, 6.07) is -0.401. The van der Waals surface area contributed by atoms with Crippen LogP contribution in [0.4, 0.5) is 4.79 Å². The standard InChI is InChI=1S/C14H26N2O4/c1-6-9(2)16(8-12(17)18)13(19)15-10-7-11(20-5)14(10,3)4/h9-11H,6-8H2,1-5H3,(H,15,19)(H,17,18). The largest absolute Gasteiger partial charge is 0.480 e. The number of methoxy groups -OCH3 is 1. The zero-order chi connectivity index (χ0) is 15.5. The highest BCUT2D eigenvalue weighted by molar-refractivity contribution is 5.80. The molecule has 1 aliphatic rings. The van der Waals surface area contributed by atoms with Gasteiger partial charge in [-0.2, -0.15) is 0 Å². The zero-order valence-electron chi connectivity index (χ0n) is 13.0. The maximum Gasteiger partial charge on any atom is 0.323 e. The third kappa shape index (κ3) is 3.42. The number of hydrogen-bond donors (Lipinski definition) is 2. The number of ether oxygens (including phenoxy) is 1. The Morgan fingerprint density at radius 3 is 2.50 bits per heavy atom. The van der Waals surface area contributed by atoms with E-state index in [0.717, 1.165) is 12.8 Å². The van der Waals surface area contributed by atoms with Crippen LogP contribution in [0.2, 0.25) is 0 Å². The summed E-state index contributed by atoms with van der Waals surface area (Å²) < 4.78 is 5.35. The van der Waals surface area contributed by atoms with Crippen LogP contribution >= 0.6 is 0 Å². The number of carbonyl (C=O) groups excluding carboxylic acids is 1. The van der Waals surface area contributed by atoms with Crippen molar-refractivity contribution < 1.29 is 19.4 Å².